The van der Waals surface area contributed by atoms with Gasteiger partial charge in [0.25, 0.3) is 0 Å². The maximum atomic E-state index is 12.5. The van der Waals surface area contributed by atoms with Crippen LogP contribution >= 0.6 is 15.9 Å². The lowest BCUT2D eigenvalue weighted by Gasteiger charge is -2.15. The van der Waals surface area contributed by atoms with Gasteiger partial charge < -0.3 is 5.11 Å². The number of halogens is 1. The third kappa shape index (κ3) is 3.52. The molecule has 2 rings (SSSR count). The van der Waals surface area contributed by atoms with Crippen molar-refractivity contribution in [3.63, 3.8) is 0 Å². The van der Waals surface area contributed by atoms with E-state index in [1.807, 2.05) is 24.3 Å². The van der Waals surface area contributed by atoms with E-state index in [4.69, 9.17) is 0 Å². The van der Waals surface area contributed by atoms with E-state index < -0.39 is 22.7 Å². The van der Waals surface area contributed by atoms with E-state index in [1.54, 1.807) is 13.8 Å². The summed E-state index contributed by atoms with van der Waals surface area (Å²) >= 11 is 3.34. The highest BCUT2D eigenvalue weighted by Gasteiger charge is 2.25. The van der Waals surface area contributed by atoms with Crippen LogP contribution in [0, 0.1) is 6.92 Å². The molecule has 0 fully saturated rings. The number of hydrogen-bond acceptors (Lipinski definition) is 4. The van der Waals surface area contributed by atoms with Crippen LogP contribution in [0.15, 0.2) is 33.6 Å². The molecule has 0 aliphatic rings. The third-order valence-electron chi connectivity index (χ3n) is 3.08. The molecule has 0 aliphatic heterocycles. The molecule has 0 bridgehead atoms. The number of nitrogens with zero attached hydrogens (tertiary/aromatic N) is 1. The van der Waals surface area contributed by atoms with Crippen LogP contribution in [0.2, 0.25) is 0 Å². The smallest absolute Gasteiger partial charge is 0.244 e. The van der Waals surface area contributed by atoms with Crippen molar-refractivity contribution in [2.75, 3.05) is 0 Å². The monoisotopic (exact) mass is 373 g/mol. The summed E-state index contributed by atoms with van der Waals surface area (Å²) in [6.07, 6.45) is 0. The van der Waals surface area contributed by atoms with E-state index in [1.165, 1.54) is 0 Å². The number of H-pyrrole nitrogens is 1. The maximum Gasteiger partial charge on any atom is 0.244 e. The molecular weight excluding hydrogens is 358 g/mol. The van der Waals surface area contributed by atoms with Gasteiger partial charge in [-0.25, -0.2) is 13.1 Å². The molecule has 0 saturated carbocycles. The molecule has 3 N–H and O–H groups in total. The lowest BCUT2D eigenvalue weighted by Crippen LogP contribution is -2.28. The molecule has 1 heterocycles. The molecule has 0 radical (unpaired) electrons. The van der Waals surface area contributed by atoms with E-state index in [9.17, 15) is 13.5 Å². The van der Waals surface area contributed by atoms with Crippen molar-refractivity contribution in [3.05, 3.63) is 45.7 Å². The molecular formula is C13H16BrN3O3S. The number of aryl methyl sites for hydroxylation is 1. The van der Waals surface area contributed by atoms with Gasteiger partial charge in [0.2, 0.25) is 10.0 Å². The van der Waals surface area contributed by atoms with Gasteiger partial charge >= 0.3 is 0 Å². The van der Waals surface area contributed by atoms with Gasteiger partial charge in [-0.2, -0.15) is 5.10 Å². The Morgan fingerprint density at radius 2 is 2.00 bits per heavy atom. The summed E-state index contributed by atoms with van der Waals surface area (Å²) in [6, 6.07) is 6.98. The normalized spacial score (nSPS) is 13.3. The number of aromatic nitrogens is 2. The molecule has 1 atom stereocenters. The summed E-state index contributed by atoms with van der Waals surface area (Å²) in [5, 5.41) is 15.6. The Balaban J connectivity index is 2.28. The zero-order valence-electron chi connectivity index (χ0n) is 11.6. The fourth-order valence-electron chi connectivity index (χ4n) is 2.04. The van der Waals surface area contributed by atoms with E-state index in [2.05, 4.69) is 30.8 Å². The van der Waals surface area contributed by atoms with E-state index in [0.717, 1.165) is 10.0 Å². The van der Waals surface area contributed by atoms with Crippen LogP contribution < -0.4 is 4.72 Å². The SMILES string of the molecule is Cc1[nH]nc(CO)c1S(=O)(=O)NC(C)c1ccc(Br)cc1. The molecule has 1 unspecified atom stereocenters. The molecule has 1 aromatic heterocycles. The first-order valence-electron chi connectivity index (χ1n) is 6.27. The molecule has 21 heavy (non-hydrogen) atoms. The molecule has 6 nitrogen and oxygen atoms in total. The largest absolute Gasteiger partial charge is 0.390 e. The highest BCUT2D eigenvalue weighted by Crippen LogP contribution is 2.22. The molecule has 114 valence electrons. The van der Waals surface area contributed by atoms with Gasteiger partial charge in [-0.05, 0) is 31.5 Å². The lowest BCUT2D eigenvalue weighted by atomic mass is 10.1. The second kappa shape index (κ2) is 6.27. The van der Waals surface area contributed by atoms with Crippen molar-refractivity contribution < 1.29 is 13.5 Å². The number of benzene rings is 1. The first kappa shape index (κ1) is 16.2. The van der Waals surface area contributed by atoms with Crippen molar-refractivity contribution in [2.24, 2.45) is 0 Å². The topological polar surface area (TPSA) is 95.1 Å². The zero-order chi connectivity index (χ0) is 15.6. The summed E-state index contributed by atoms with van der Waals surface area (Å²) in [6.45, 7) is 2.92. The Bertz CT molecular complexity index is 726. The van der Waals surface area contributed by atoms with Gasteiger partial charge in [-0.15, -0.1) is 0 Å². The van der Waals surface area contributed by atoms with Gasteiger partial charge in [-0.1, -0.05) is 28.1 Å². The van der Waals surface area contributed by atoms with Crippen LogP contribution in [0.5, 0.6) is 0 Å². The molecule has 8 heteroatoms. The predicted molar refractivity (Wildman–Crippen MR) is 82.1 cm³/mol. The van der Waals surface area contributed by atoms with Crippen molar-refractivity contribution in [1.82, 2.24) is 14.9 Å². The van der Waals surface area contributed by atoms with Crippen LogP contribution in [0.3, 0.4) is 0 Å². The van der Waals surface area contributed by atoms with E-state index >= 15 is 0 Å². The zero-order valence-corrected chi connectivity index (χ0v) is 14.0. The van der Waals surface area contributed by atoms with Crippen molar-refractivity contribution >= 4 is 26.0 Å². The predicted octanol–water partition coefficient (Wildman–Crippen LogP) is 2.01. The Morgan fingerprint density at radius 1 is 1.38 bits per heavy atom. The molecule has 1 aromatic carbocycles. The van der Waals surface area contributed by atoms with Gasteiger partial charge in [-0.3, -0.25) is 5.10 Å². The quantitative estimate of drug-likeness (QED) is 0.746. The van der Waals surface area contributed by atoms with Crippen LogP contribution in [-0.2, 0) is 16.6 Å². The van der Waals surface area contributed by atoms with Gasteiger partial charge in [0.05, 0.1) is 12.3 Å². The minimum atomic E-state index is -3.76. The number of aliphatic hydroxyl groups is 1. The molecule has 0 aliphatic carbocycles. The highest BCUT2D eigenvalue weighted by molar-refractivity contribution is 9.10. The number of sulfonamides is 1. The van der Waals surface area contributed by atoms with Crippen LogP contribution in [-0.4, -0.2) is 23.7 Å². The van der Waals surface area contributed by atoms with Crippen LogP contribution in [0.1, 0.15) is 29.9 Å². The lowest BCUT2D eigenvalue weighted by molar-refractivity contribution is 0.273. The standard InChI is InChI=1S/C13H16BrN3O3S/c1-8(10-3-5-11(14)6-4-10)17-21(19,20)13-9(2)15-16-12(13)7-18/h3-6,8,17-18H,7H2,1-2H3,(H,15,16). The summed E-state index contributed by atoms with van der Waals surface area (Å²) in [5.74, 6) is 0. The summed E-state index contributed by atoms with van der Waals surface area (Å²) in [4.78, 5) is 0.00830. The summed E-state index contributed by atoms with van der Waals surface area (Å²) in [5.41, 5.74) is 1.35. The second-order valence-electron chi connectivity index (χ2n) is 4.68. The first-order chi connectivity index (χ1) is 9.85. The maximum absolute atomic E-state index is 12.5. The minimum Gasteiger partial charge on any atom is -0.390 e. The van der Waals surface area contributed by atoms with Crippen LogP contribution in [0.4, 0.5) is 0 Å². The van der Waals surface area contributed by atoms with E-state index in [-0.39, 0.29) is 10.6 Å². The average Bonchev–Trinajstić information content (AvgIpc) is 2.80. The van der Waals surface area contributed by atoms with Gasteiger partial charge in [0.1, 0.15) is 10.6 Å². The number of aromatic amines is 1. The number of hydrogen-bond donors (Lipinski definition) is 3. The number of aliphatic hydroxyl groups excluding tert-OH is 1. The van der Waals surface area contributed by atoms with Gasteiger partial charge in [0, 0.05) is 10.5 Å². The average molecular weight is 374 g/mol. The molecule has 0 amide bonds. The number of nitrogens with one attached hydrogen (secondary N) is 2. The Morgan fingerprint density at radius 3 is 2.57 bits per heavy atom. The Kier molecular flexibility index (Phi) is 4.82. The third-order valence-corrected chi connectivity index (χ3v) is 5.35. The van der Waals surface area contributed by atoms with Crippen molar-refractivity contribution in [1.29, 1.82) is 0 Å². The minimum absolute atomic E-state index is 0.00830. The highest BCUT2D eigenvalue weighted by atomic mass is 79.9. The Hall–Kier alpha value is -1.22. The number of rotatable bonds is 5. The van der Waals surface area contributed by atoms with Gasteiger partial charge in [0.15, 0.2) is 0 Å². The summed E-state index contributed by atoms with van der Waals surface area (Å²) in [7, 11) is -3.76. The molecule has 0 spiro atoms. The first-order valence-corrected chi connectivity index (χ1v) is 8.55. The van der Waals surface area contributed by atoms with E-state index in [0.29, 0.717) is 5.69 Å². The second-order valence-corrected chi connectivity index (χ2v) is 7.24. The van der Waals surface area contributed by atoms with Crippen LogP contribution in [0.25, 0.3) is 0 Å². The fourth-order valence-corrected chi connectivity index (χ4v) is 3.90. The molecule has 0 saturated heterocycles. The van der Waals surface area contributed by atoms with Crippen molar-refractivity contribution in [2.45, 2.75) is 31.4 Å². The molecule has 2 aromatic rings. The summed E-state index contributed by atoms with van der Waals surface area (Å²) < 4.78 is 28.4. The van der Waals surface area contributed by atoms with Crippen molar-refractivity contribution in [3.8, 4) is 0 Å². The fraction of sp³-hybridized carbons (Fsp3) is 0.308. The Labute approximate surface area is 131 Å².